The van der Waals surface area contributed by atoms with Crippen LogP contribution in [-0.4, -0.2) is 28.1 Å². The van der Waals surface area contributed by atoms with Crippen LogP contribution in [0.1, 0.15) is 6.92 Å². The number of nitrogens with two attached hydrogens (primary N) is 1. The molecule has 0 amide bonds. The van der Waals surface area contributed by atoms with Crippen LogP contribution >= 0.6 is 11.8 Å². The molecule has 1 unspecified atom stereocenters. The number of carbonyl (C=O) groups is 1. The molecular weight excluding hydrogens is 176 g/mol. The first-order valence-electron chi connectivity index (χ1n) is 2.83. The van der Waals surface area contributed by atoms with Crippen molar-refractivity contribution in [1.82, 2.24) is 0 Å². The number of thioether (sulfide) groups is 1. The van der Waals surface area contributed by atoms with Gasteiger partial charge in [-0.1, -0.05) is 11.8 Å². The van der Waals surface area contributed by atoms with Gasteiger partial charge in [-0.3, -0.25) is 4.79 Å². The van der Waals surface area contributed by atoms with Crippen LogP contribution < -0.4 is 5.73 Å². The fraction of sp³-hybridized carbons (Fsp3) is 0.800. The summed E-state index contributed by atoms with van der Waals surface area (Å²) in [7, 11) is 0. The third-order valence-electron chi connectivity index (χ3n) is 0.834. The predicted octanol–water partition coefficient (Wildman–Crippen LogP) is 0.744. The normalized spacial score (nSPS) is 14.5. The summed E-state index contributed by atoms with van der Waals surface area (Å²) < 4.78 is 24.1. The number of hydrogen-bond donors (Lipinski definition) is 2. The molecule has 0 aromatic heterocycles. The van der Waals surface area contributed by atoms with Crippen molar-refractivity contribution in [1.29, 1.82) is 0 Å². The van der Waals surface area contributed by atoms with Gasteiger partial charge in [-0.25, -0.2) is 0 Å². The van der Waals surface area contributed by atoms with Gasteiger partial charge in [0.15, 0.2) is 0 Å². The fourth-order valence-electron chi connectivity index (χ4n) is 0.307. The lowest BCUT2D eigenvalue weighted by molar-refractivity contribution is -0.137. The zero-order valence-corrected chi connectivity index (χ0v) is 6.70. The molecule has 0 bridgehead atoms. The lowest BCUT2D eigenvalue weighted by atomic mass is 10.4. The number of carboxylic acid groups (broad SMARTS) is 1. The fourth-order valence-corrected chi connectivity index (χ4v) is 0.922. The molecule has 3 N–H and O–H groups in total. The second-order valence-corrected chi connectivity index (χ2v) is 3.40. The topological polar surface area (TPSA) is 63.3 Å². The standard InChI is InChI=1S/C5H9F2NO2S/c1-5(6,7)11-2-3(8)4(9)10/h3H,2,8H2,1H3,(H,9,10). The first-order valence-corrected chi connectivity index (χ1v) is 3.81. The molecule has 0 spiro atoms. The van der Waals surface area contributed by atoms with E-state index in [1.807, 2.05) is 0 Å². The van der Waals surface area contributed by atoms with Gasteiger partial charge < -0.3 is 10.8 Å². The van der Waals surface area contributed by atoms with E-state index in [2.05, 4.69) is 0 Å². The maximum Gasteiger partial charge on any atom is 0.321 e. The average molecular weight is 185 g/mol. The molecule has 3 nitrogen and oxygen atoms in total. The van der Waals surface area contributed by atoms with Gasteiger partial charge in [0.25, 0.3) is 5.25 Å². The zero-order valence-electron chi connectivity index (χ0n) is 5.88. The molecule has 0 saturated carbocycles. The Balaban J connectivity index is 3.63. The Labute approximate surface area is 66.9 Å². The molecule has 0 aliphatic heterocycles. The van der Waals surface area contributed by atoms with E-state index in [9.17, 15) is 13.6 Å². The van der Waals surface area contributed by atoms with Gasteiger partial charge in [-0.2, -0.15) is 8.78 Å². The van der Waals surface area contributed by atoms with Gasteiger partial charge in [0, 0.05) is 12.7 Å². The lowest BCUT2D eigenvalue weighted by Crippen LogP contribution is -2.33. The SMILES string of the molecule is CC(F)(F)SCC(N)C(=O)O. The van der Waals surface area contributed by atoms with Crippen LogP contribution in [0.3, 0.4) is 0 Å². The molecule has 0 fully saturated rings. The Morgan fingerprint density at radius 2 is 2.27 bits per heavy atom. The maximum absolute atomic E-state index is 12.1. The molecular formula is C5H9F2NO2S. The number of aliphatic carboxylic acids is 1. The molecule has 0 aromatic rings. The number of rotatable bonds is 4. The third-order valence-corrected chi connectivity index (χ3v) is 1.87. The smallest absolute Gasteiger partial charge is 0.321 e. The Bertz CT molecular complexity index is 148. The van der Waals surface area contributed by atoms with Crippen molar-refractivity contribution in [3.8, 4) is 0 Å². The summed E-state index contributed by atoms with van der Waals surface area (Å²) >= 11 is 0.231. The highest BCUT2D eigenvalue weighted by Crippen LogP contribution is 2.27. The van der Waals surface area contributed by atoms with E-state index in [-0.39, 0.29) is 17.5 Å². The molecule has 66 valence electrons. The molecule has 11 heavy (non-hydrogen) atoms. The van der Waals surface area contributed by atoms with Crippen LogP contribution in [0, 0.1) is 0 Å². The molecule has 0 aliphatic carbocycles. The van der Waals surface area contributed by atoms with Gasteiger partial charge in [-0.05, 0) is 0 Å². The Hall–Kier alpha value is -0.360. The monoisotopic (exact) mass is 185 g/mol. The maximum atomic E-state index is 12.1. The molecule has 0 radical (unpaired) electrons. The van der Waals surface area contributed by atoms with Gasteiger partial charge in [0.05, 0.1) is 0 Å². The second-order valence-electron chi connectivity index (χ2n) is 2.06. The van der Waals surface area contributed by atoms with Crippen LogP contribution in [0.4, 0.5) is 8.78 Å². The minimum absolute atomic E-state index is 0.231. The highest BCUT2D eigenvalue weighted by atomic mass is 32.2. The molecule has 0 aliphatic rings. The predicted molar refractivity (Wildman–Crippen MR) is 38.7 cm³/mol. The van der Waals surface area contributed by atoms with E-state index >= 15 is 0 Å². The first-order chi connectivity index (χ1) is 4.83. The number of halogens is 2. The van der Waals surface area contributed by atoms with E-state index in [1.54, 1.807) is 0 Å². The quantitative estimate of drug-likeness (QED) is 0.678. The molecule has 0 heterocycles. The highest BCUT2D eigenvalue weighted by molar-refractivity contribution is 8.00. The summed E-state index contributed by atoms with van der Waals surface area (Å²) in [5, 5.41) is 5.29. The van der Waals surface area contributed by atoms with Crippen molar-refractivity contribution >= 4 is 17.7 Å². The van der Waals surface area contributed by atoms with Crippen LogP contribution in [0.2, 0.25) is 0 Å². The minimum Gasteiger partial charge on any atom is -0.480 e. The van der Waals surface area contributed by atoms with Crippen molar-refractivity contribution in [2.45, 2.75) is 18.2 Å². The Morgan fingerprint density at radius 1 is 1.82 bits per heavy atom. The number of hydrogen-bond acceptors (Lipinski definition) is 3. The van der Waals surface area contributed by atoms with Gasteiger partial charge in [-0.15, -0.1) is 0 Å². The van der Waals surface area contributed by atoms with E-state index in [4.69, 9.17) is 10.8 Å². The largest absolute Gasteiger partial charge is 0.480 e. The minimum atomic E-state index is -2.91. The number of alkyl halides is 2. The summed E-state index contributed by atoms with van der Waals surface area (Å²) in [6.07, 6.45) is 0. The van der Waals surface area contributed by atoms with Crippen molar-refractivity contribution < 1.29 is 18.7 Å². The molecule has 0 aromatic carbocycles. The summed E-state index contributed by atoms with van der Waals surface area (Å²) in [6.45, 7) is 0.701. The van der Waals surface area contributed by atoms with Gasteiger partial charge >= 0.3 is 5.97 Å². The summed E-state index contributed by atoms with van der Waals surface area (Å²) in [4.78, 5) is 10.0. The van der Waals surface area contributed by atoms with Crippen molar-refractivity contribution in [2.24, 2.45) is 5.73 Å². The average Bonchev–Trinajstić information content (AvgIpc) is 1.80. The lowest BCUT2D eigenvalue weighted by Gasteiger charge is -2.10. The third kappa shape index (κ3) is 6.05. The first kappa shape index (κ1) is 10.6. The van der Waals surface area contributed by atoms with Crippen LogP contribution in [-0.2, 0) is 4.79 Å². The highest BCUT2D eigenvalue weighted by Gasteiger charge is 2.24. The van der Waals surface area contributed by atoms with E-state index in [0.717, 1.165) is 0 Å². The molecule has 6 heteroatoms. The van der Waals surface area contributed by atoms with E-state index < -0.39 is 17.3 Å². The van der Waals surface area contributed by atoms with Gasteiger partial charge in [0.2, 0.25) is 0 Å². The zero-order chi connectivity index (χ0) is 9.07. The van der Waals surface area contributed by atoms with Crippen LogP contribution in [0.5, 0.6) is 0 Å². The summed E-state index contributed by atoms with van der Waals surface area (Å²) in [6, 6.07) is -1.22. The molecule has 0 rings (SSSR count). The van der Waals surface area contributed by atoms with Crippen molar-refractivity contribution in [3.63, 3.8) is 0 Å². The Kier molecular flexibility index (Phi) is 3.74. The van der Waals surface area contributed by atoms with Crippen molar-refractivity contribution in [3.05, 3.63) is 0 Å². The summed E-state index contributed by atoms with van der Waals surface area (Å²) in [5.41, 5.74) is 4.97. The number of carboxylic acids is 1. The molecule has 1 atom stereocenters. The Morgan fingerprint density at radius 3 is 2.55 bits per heavy atom. The van der Waals surface area contributed by atoms with Crippen LogP contribution in [0.15, 0.2) is 0 Å². The summed E-state index contributed by atoms with van der Waals surface area (Å²) in [5.74, 6) is -1.54. The van der Waals surface area contributed by atoms with Crippen molar-refractivity contribution in [2.75, 3.05) is 5.75 Å². The van der Waals surface area contributed by atoms with Gasteiger partial charge in [0.1, 0.15) is 6.04 Å². The van der Waals surface area contributed by atoms with E-state index in [1.165, 1.54) is 0 Å². The van der Waals surface area contributed by atoms with E-state index in [0.29, 0.717) is 6.92 Å². The molecule has 0 saturated heterocycles. The van der Waals surface area contributed by atoms with Crippen LogP contribution in [0.25, 0.3) is 0 Å². The second kappa shape index (κ2) is 3.87.